The predicted octanol–water partition coefficient (Wildman–Crippen LogP) is 2.18. The standard InChI is InChI=1S/C17H18N2O6S/c1-10(15(21)19-17(22)24-3)25-14(20)8-12-9-26-16(18-12)11-4-6-13(23-2)7-5-11/h4-7,9-10H,8H2,1-3H3,(H,19,21,22)/t10-/m0/s1. The molecule has 26 heavy (non-hydrogen) atoms. The summed E-state index contributed by atoms with van der Waals surface area (Å²) in [4.78, 5) is 38.9. The number of nitrogens with zero attached hydrogens (tertiary/aromatic N) is 1. The van der Waals surface area contributed by atoms with Gasteiger partial charge >= 0.3 is 12.1 Å². The minimum atomic E-state index is -1.12. The van der Waals surface area contributed by atoms with Crippen LogP contribution in [-0.2, 0) is 25.5 Å². The first-order chi connectivity index (χ1) is 12.4. The zero-order chi connectivity index (χ0) is 19.1. The number of amides is 2. The summed E-state index contributed by atoms with van der Waals surface area (Å²) >= 11 is 1.39. The fourth-order valence-electron chi connectivity index (χ4n) is 1.95. The number of carbonyl (C=O) groups excluding carboxylic acids is 3. The predicted molar refractivity (Wildman–Crippen MR) is 93.9 cm³/mol. The Hall–Kier alpha value is -2.94. The smallest absolute Gasteiger partial charge is 0.413 e. The second-order valence-corrected chi connectivity index (χ2v) is 6.02. The third-order valence-corrected chi connectivity index (χ3v) is 4.24. The maximum atomic E-state index is 11.9. The number of aromatic nitrogens is 1. The molecule has 2 aromatic rings. The van der Waals surface area contributed by atoms with Crippen LogP contribution in [0.5, 0.6) is 5.75 Å². The summed E-state index contributed by atoms with van der Waals surface area (Å²) in [6, 6.07) is 7.40. The van der Waals surface area contributed by atoms with Crippen LogP contribution in [0.15, 0.2) is 29.6 Å². The number of rotatable bonds is 6. The van der Waals surface area contributed by atoms with E-state index in [0.29, 0.717) is 5.69 Å². The van der Waals surface area contributed by atoms with E-state index in [-0.39, 0.29) is 6.42 Å². The van der Waals surface area contributed by atoms with E-state index in [9.17, 15) is 14.4 Å². The van der Waals surface area contributed by atoms with Crippen LogP contribution >= 0.6 is 11.3 Å². The summed E-state index contributed by atoms with van der Waals surface area (Å²) in [5.41, 5.74) is 1.44. The van der Waals surface area contributed by atoms with E-state index in [4.69, 9.17) is 9.47 Å². The molecule has 0 saturated heterocycles. The molecule has 0 spiro atoms. The molecule has 1 heterocycles. The summed E-state index contributed by atoms with van der Waals surface area (Å²) in [6.45, 7) is 1.36. The maximum Gasteiger partial charge on any atom is 0.413 e. The molecular weight excluding hydrogens is 360 g/mol. The largest absolute Gasteiger partial charge is 0.497 e. The van der Waals surface area contributed by atoms with Crippen LogP contribution in [0.4, 0.5) is 4.79 Å². The van der Waals surface area contributed by atoms with Crippen LogP contribution in [0.3, 0.4) is 0 Å². The zero-order valence-electron chi connectivity index (χ0n) is 14.5. The monoisotopic (exact) mass is 378 g/mol. The van der Waals surface area contributed by atoms with Crippen LogP contribution in [0.25, 0.3) is 10.6 Å². The minimum Gasteiger partial charge on any atom is -0.497 e. The zero-order valence-corrected chi connectivity index (χ0v) is 15.3. The van der Waals surface area contributed by atoms with Crippen molar-refractivity contribution in [2.24, 2.45) is 0 Å². The number of nitrogens with one attached hydrogen (secondary N) is 1. The van der Waals surface area contributed by atoms with Gasteiger partial charge < -0.3 is 14.2 Å². The van der Waals surface area contributed by atoms with E-state index < -0.39 is 24.1 Å². The number of hydrogen-bond donors (Lipinski definition) is 1. The Morgan fingerprint density at radius 3 is 2.50 bits per heavy atom. The molecule has 2 amide bonds. The van der Waals surface area contributed by atoms with E-state index in [2.05, 4.69) is 9.72 Å². The van der Waals surface area contributed by atoms with Crippen molar-refractivity contribution in [2.45, 2.75) is 19.4 Å². The van der Waals surface area contributed by atoms with Gasteiger partial charge in [0.05, 0.1) is 26.3 Å². The van der Waals surface area contributed by atoms with Crippen LogP contribution in [0.2, 0.25) is 0 Å². The molecule has 2 rings (SSSR count). The van der Waals surface area contributed by atoms with Gasteiger partial charge in [0, 0.05) is 10.9 Å². The lowest BCUT2D eigenvalue weighted by Crippen LogP contribution is -2.39. The highest BCUT2D eigenvalue weighted by atomic mass is 32.1. The topological polar surface area (TPSA) is 104 Å². The number of esters is 1. The summed E-state index contributed by atoms with van der Waals surface area (Å²) in [7, 11) is 2.72. The van der Waals surface area contributed by atoms with E-state index in [1.54, 1.807) is 12.5 Å². The number of hydrogen-bond acceptors (Lipinski definition) is 8. The molecule has 0 fully saturated rings. The lowest BCUT2D eigenvalue weighted by molar-refractivity contribution is -0.154. The van der Waals surface area contributed by atoms with E-state index in [1.807, 2.05) is 29.6 Å². The molecule has 0 aliphatic rings. The number of carbonyl (C=O) groups is 3. The highest BCUT2D eigenvalue weighted by Gasteiger charge is 2.21. The van der Waals surface area contributed by atoms with Gasteiger partial charge in [0.15, 0.2) is 6.10 Å². The van der Waals surface area contributed by atoms with E-state index in [1.165, 1.54) is 18.3 Å². The Bertz CT molecular complexity index is 787. The highest BCUT2D eigenvalue weighted by Crippen LogP contribution is 2.25. The van der Waals surface area contributed by atoms with Gasteiger partial charge in [0.2, 0.25) is 0 Å². The van der Waals surface area contributed by atoms with Crippen molar-refractivity contribution in [2.75, 3.05) is 14.2 Å². The van der Waals surface area contributed by atoms with Crippen LogP contribution in [0, 0.1) is 0 Å². The lowest BCUT2D eigenvalue weighted by Gasteiger charge is -2.11. The van der Waals surface area contributed by atoms with Crippen molar-refractivity contribution in [1.82, 2.24) is 10.3 Å². The Morgan fingerprint density at radius 2 is 1.88 bits per heavy atom. The third kappa shape index (κ3) is 5.28. The van der Waals surface area contributed by atoms with Crippen molar-refractivity contribution in [3.8, 4) is 16.3 Å². The molecule has 0 radical (unpaired) electrons. The van der Waals surface area contributed by atoms with Crippen molar-refractivity contribution in [1.29, 1.82) is 0 Å². The average Bonchev–Trinajstić information content (AvgIpc) is 3.09. The molecule has 0 aliphatic heterocycles. The fraction of sp³-hybridized carbons (Fsp3) is 0.294. The summed E-state index contributed by atoms with van der Waals surface area (Å²) in [5, 5.41) is 4.44. The average molecular weight is 378 g/mol. The van der Waals surface area contributed by atoms with Gasteiger partial charge in [0.1, 0.15) is 10.8 Å². The molecule has 9 heteroatoms. The Morgan fingerprint density at radius 1 is 1.19 bits per heavy atom. The van der Waals surface area contributed by atoms with Gasteiger partial charge in [-0.15, -0.1) is 11.3 Å². The van der Waals surface area contributed by atoms with Gasteiger partial charge in [-0.25, -0.2) is 9.78 Å². The summed E-state index contributed by atoms with van der Waals surface area (Å²) < 4.78 is 14.4. The Balaban J connectivity index is 1.92. The van der Waals surface area contributed by atoms with E-state index >= 15 is 0 Å². The summed E-state index contributed by atoms with van der Waals surface area (Å²) in [5.74, 6) is -0.639. The van der Waals surface area contributed by atoms with E-state index in [0.717, 1.165) is 23.4 Å². The first-order valence-corrected chi connectivity index (χ1v) is 8.48. The number of alkyl carbamates (subject to hydrolysis) is 1. The first kappa shape index (κ1) is 19.4. The number of benzene rings is 1. The van der Waals surface area contributed by atoms with Gasteiger partial charge in [-0.3, -0.25) is 14.9 Å². The highest BCUT2D eigenvalue weighted by molar-refractivity contribution is 7.13. The van der Waals surface area contributed by atoms with Crippen LogP contribution in [-0.4, -0.2) is 43.3 Å². The molecule has 1 aromatic heterocycles. The molecule has 1 N–H and O–H groups in total. The van der Waals surface area contributed by atoms with Crippen LogP contribution < -0.4 is 10.1 Å². The second kappa shape index (κ2) is 8.95. The number of thiazole rings is 1. The number of ether oxygens (including phenoxy) is 3. The molecule has 8 nitrogen and oxygen atoms in total. The Labute approximate surface area is 154 Å². The fourth-order valence-corrected chi connectivity index (χ4v) is 2.77. The Kier molecular flexibility index (Phi) is 6.67. The van der Waals surface area contributed by atoms with Crippen LogP contribution in [0.1, 0.15) is 12.6 Å². The van der Waals surface area contributed by atoms with Gasteiger partial charge in [0.25, 0.3) is 5.91 Å². The van der Waals surface area contributed by atoms with Crippen molar-refractivity contribution in [3.63, 3.8) is 0 Å². The van der Waals surface area contributed by atoms with Gasteiger partial charge in [-0.2, -0.15) is 0 Å². The van der Waals surface area contributed by atoms with Crippen molar-refractivity contribution < 1.29 is 28.6 Å². The quantitative estimate of drug-likeness (QED) is 0.768. The molecule has 0 unspecified atom stereocenters. The van der Waals surface area contributed by atoms with Gasteiger partial charge in [-0.05, 0) is 31.2 Å². The molecule has 0 saturated carbocycles. The lowest BCUT2D eigenvalue weighted by atomic mass is 10.2. The molecule has 0 bridgehead atoms. The van der Waals surface area contributed by atoms with Crippen molar-refractivity contribution >= 4 is 29.3 Å². The molecular formula is C17H18N2O6S. The number of methoxy groups -OCH3 is 2. The molecule has 0 aliphatic carbocycles. The molecule has 1 aromatic carbocycles. The maximum absolute atomic E-state index is 11.9. The molecule has 138 valence electrons. The second-order valence-electron chi connectivity index (χ2n) is 5.16. The first-order valence-electron chi connectivity index (χ1n) is 7.60. The molecule has 1 atom stereocenters. The summed E-state index contributed by atoms with van der Waals surface area (Å²) in [6.07, 6.45) is -2.12. The van der Waals surface area contributed by atoms with Gasteiger partial charge in [-0.1, -0.05) is 0 Å². The van der Waals surface area contributed by atoms with Crippen molar-refractivity contribution in [3.05, 3.63) is 35.3 Å². The minimum absolute atomic E-state index is 0.0809. The number of imide groups is 1. The normalized spacial score (nSPS) is 11.3. The SMILES string of the molecule is COC(=O)NC(=O)[C@H](C)OC(=O)Cc1csc(-c2ccc(OC)cc2)n1. The third-order valence-electron chi connectivity index (χ3n) is 3.30.